The highest BCUT2D eigenvalue weighted by Gasteiger charge is 2.22. The normalized spacial score (nSPS) is 11.2. The number of benzene rings is 2. The SMILES string of the molecule is C#Cc1c(F)ccc2cc(O)cc(-c3oc(=O)c4c(NCCc5c[nH]c6ncccc56)nc(OC)nc4c3C)c12. The number of aromatic hydroxyl groups is 1. The van der Waals surface area contributed by atoms with Crippen LogP contribution in [0.25, 0.3) is 44.0 Å². The lowest BCUT2D eigenvalue weighted by atomic mass is 9.95. The number of pyridine rings is 1. The second-order valence-electron chi connectivity index (χ2n) is 9.17. The molecule has 40 heavy (non-hydrogen) atoms. The Labute approximate surface area is 226 Å². The van der Waals surface area contributed by atoms with E-state index in [4.69, 9.17) is 15.6 Å². The van der Waals surface area contributed by atoms with Gasteiger partial charge in [-0.15, -0.1) is 6.42 Å². The molecule has 4 heterocycles. The molecule has 0 amide bonds. The van der Waals surface area contributed by atoms with Crippen LogP contribution in [-0.2, 0) is 6.42 Å². The van der Waals surface area contributed by atoms with Gasteiger partial charge in [0.15, 0.2) is 0 Å². The largest absolute Gasteiger partial charge is 0.508 e. The number of phenolic OH excluding ortho intramolecular Hbond substituents is 1. The number of H-pyrrole nitrogens is 1. The smallest absolute Gasteiger partial charge is 0.349 e. The van der Waals surface area contributed by atoms with Crippen LogP contribution in [0.1, 0.15) is 16.7 Å². The van der Waals surface area contributed by atoms with Crippen LogP contribution < -0.4 is 15.7 Å². The Morgan fingerprint density at radius 2 is 2.08 bits per heavy atom. The molecule has 0 saturated heterocycles. The summed E-state index contributed by atoms with van der Waals surface area (Å²) in [4.78, 5) is 29.7. The van der Waals surface area contributed by atoms with E-state index in [0.29, 0.717) is 29.3 Å². The number of anilines is 1. The van der Waals surface area contributed by atoms with Crippen LogP contribution in [0.3, 0.4) is 0 Å². The number of aromatic nitrogens is 4. The van der Waals surface area contributed by atoms with Gasteiger partial charge in [0.2, 0.25) is 0 Å². The van der Waals surface area contributed by atoms with Gasteiger partial charge in [0.05, 0.1) is 18.2 Å². The van der Waals surface area contributed by atoms with E-state index in [9.17, 15) is 14.3 Å². The molecule has 0 atom stereocenters. The molecule has 9 nitrogen and oxygen atoms in total. The van der Waals surface area contributed by atoms with Crippen LogP contribution >= 0.6 is 0 Å². The summed E-state index contributed by atoms with van der Waals surface area (Å²) in [6.07, 6.45) is 9.88. The Bertz CT molecular complexity index is 2060. The van der Waals surface area contributed by atoms with Gasteiger partial charge in [-0.3, -0.25) is 0 Å². The number of ether oxygens (including phenoxy) is 1. The van der Waals surface area contributed by atoms with E-state index in [-0.39, 0.29) is 45.4 Å². The standard InChI is InChI=1S/C30H22FN5O4/c1-4-19-22(31)8-7-16-12-18(37)13-21(23(16)19)26-15(2)25-24(29(38)40-26)28(36-30(35-25)39-3)33-11-9-17-14-34-27-20(17)6-5-10-32-27/h1,5-8,10,12-14,37H,9,11H2,2-3H3,(H,32,34)(H,33,35,36). The molecule has 198 valence electrons. The van der Waals surface area contributed by atoms with Crippen LogP contribution in [0.15, 0.2) is 58.0 Å². The number of rotatable bonds is 6. The average Bonchev–Trinajstić information content (AvgIpc) is 3.37. The first-order chi connectivity index (χ1) is 19.4. The Morgan fingerprint density at radius 3 is 2.88 bits per heavy atom. The van der Waals surface area contributed by atoms with Gasteiger partial charge in [-0.1, -0.05) is 12.0 Å². The summed E-state index contributed by atoms with van der Waals surface area (Å²) in [5, 5.41) is 15.6. The molecule has 3 N–H and O–H groups in total. The van der Waals surface area contributed by atoms with Gasteiger partial charge in [-0.2, -0.15) is 9.97 Å². The number of hydrogen-bond acceptors (Lipinski definition) is 8. The highest BCUT2D eigenvalue weighted by molar-refractivity contribution is 6.03. The molecule has 0 aliphatic heterocycles. The second kappa shape index (κ2) is 9.71. The fourth-order valence-electron chi connectivity index (χ4n) is 4.99. The summed E-state index contributed by atoms with van der Waals surface area (Å²) in [6.45, 7) is 2.15. The van der Waals surface area contributed by atoms with Gasteiger partial charge in [-0.05, 0) is 54.6 Å². The maximum Gasteiger partial charge on any atom is 0.349 e. The summed E-state index contributed by atoms with van der Waals surface area (Å²) in [5.74, 6) is 2.01. The molecule has 0 saturated carbocycles. The monoisotopic (exact) mass is 535 g/mol. The molecule has 0 radical (unpaired) electrons. The van der Waals surface area contributed by atoms with Crippen molar-refractivity contribution in [2.45, 2.75) is 13.3 Å². The predicted molar refractivity (Wildman–Crippen MR) is 150 cm³/mol. The maximum atomic E-state index is 14.7. The lowest BCUT2D eigenvalue weighted by Crippen LogP contribution is -2.13. The topological polar surface area (TPSA) is 126 Å². The number of aromatic amines is 1. The van der Waals surface area contributed by atoms with E-state index in [1.54, 1.807) is 13.1 Å². The molecular formula is C30H22FN5O4. The van der Waals surface area contributed by atoms with Crippen LogP contribution in [0.5, 0.6) is 11.8 Å². The van der Waals surface area contributed by atoms with Gasteiger partial charge in [0.1, 0.15) is 34.2 Å². The quantitative estimate of drug-likeness (QED) is 0.252. The third-order valence-corrected chi connectivity index (χ3v) is 6.83. The van der Waals surface area contributed by atoms with E-state index >= 15 is 0 Å². The van der Waals surface area contributed by atoms with Crippen LogP contribution in [0, 0.1) is 25.1 Å². The first-order valence-electron chi connectivity index (χ1n) is 12.4. The van der Waals surface area contributed by atoms with Crippen LogP contribution in [0.4, 0.5) is 10.2 Å². The van der Waals surface area contributed by atoms with Gasteiger partial charge in [0.25, 0.3) is 0 Å². The molecule has 0 fully saturated rings. The number of nitrogens with zero attached hydrogens (tertiary/aromatic N) is 3. The number of phenols is 1. The van der Waals surface area contributed by atoms with E-state index in [2.05, 4.69) is 31.2 Å². The maximum absolute atomic E-state index is 14.7. The first-order valence-corrected chi connectivity index (χ1v) is 12.4. The molecule has 4 aromatic heterocycles. The van der Waals surface area contributed by atoms with Gasteiger partial charge >= 0.3 is 11.6 Å². The fraction of sp³-hybridized carbons (Fsp3) is 0.133. The van der Waals surface area contributed by atoms with E-state index in [1.165, 1.54) is 31.4 Å². The van der Waals surface area contributed by atoms with E-state index in [1.807, 2.05) is 18.3 Å². The van der Waals surface area contributed by atoms with Crippen molar-refractivity contribution in [2.75, 3.05) is 19.0 Å². The Balaban J connectivity index is 1.48. The minimum atomic E-state index is -0.716. The second-order valence-corrected chi connectivity index (χ2v) is 9.17. The lowest BCUT2D eigenvalue weighted by Gasteiger charge is -2.15. The van der Waals surface area contributed by atoms with Gasteiger partial charge < -0.3 is 24.6 Å². The Hall–Kier alpha value is -5.43. The molecule has 0 spiro atoms. The Kier molecular flexibility index (Phi) is 6.04. The molecule has 2 aromatic carbocycles. The highest BCUT2D eigenvalue weighted by atomic mass is 19.1. The first kappa shape index (κ1) is 24.9. The number of hydrogen-bond donors (Lipinski definition) is 3. The van der Waals surface area contributed by atoms with Crippen LogP contribution in [0.2, 0.25) is 0 Å². The number of terminal acetylenes is 1. The number of halogens is 1. The third kappa shape index (κ3) is 4.05. The molecule has 6 aromatic rings. The minimum absolute atomic E-state index is 0.00949. The zero-order chi connectivity index (χ0) is 28.0. The Morgan fingerprint density at radius 1 is 1.23 bits per heavy atom. The number of nitrogens with one attached hydrogen (secondary N) is 2. The number of methoxy groups -OCH3 is 1. The zero-order valence-electron chi connectivity index (χ0n) is 21.5. The molecule has 6 rings (SSSR count). The van der Waals surface area contributed by atoms with Crippen LogP contribution in [-0.4, -0.2) is 38.7 Å². The molecule has 10 heteroatoms. The number of fused-ring (bicyclic) bond motifs is 3. The summed E-state index contributed by atoms with van der Waals surface area (Å²) < 4.78 is 25.8. The fourth-order valence-corrected chi connectivity index (χ4v) is 4.99. The van der Waals surface area contributed by atoms with Crippen molar-refractivity contribution < 1.29 is 18.7 Å². The minimum Gasteiger partial charge on any atom is -0.508 e. The summed E-state index contributed by atoms with van der Waals surface area (Å²) in [5.41, 5.74) is 2.13. The van der Waals surface area contributed by atoms with Crippen molar-refractivity contribution in [1.29, 1.82) is 0 Å². The molecule has 0 aliphatic rings. The molecule has 0 bridgehead atoms. The molecule has 0 unspecified atom stereocenters. The summed E-state index contributed by atoms with van der Waals surface area (Å²) in [6, 6.07) is 9.48. The van der Waals surface area contributed by atoms with E-state index in [0.717, 1.165) is 16.6 Å². The van der Waals surface area contributed by atoms with Gasteiger partial charge in [-0.25, -0.2) is 14.2 Å². The van der Waals surface area contributed by atoms with Crippen molar-refractivity contribution in [1.82, 2.24) is 19.9 Å². The summed E-state index contributed by atoms with van der Waals surface area (Å²) in [7, 11) is 1.43. The van der Waals surface area contributed by atoms with Crippen molar-refractivity contribution >= 4 is 38.5 Å². The highest BCUT2D eigenvalue weighted by Crippen LogP contribution is 2.38. The molecule has 0 aliphatic carbocycles. The zero-order valence-corrected chi connectivity index (χ0v) is 21.5. The van der Waals surface area contributed by atoms with Crippen molar-refractivity contribution in [2.24, 2.45) is 0 Å². The molecular weight excluding hydrogens is 513 g/mol. The average molecular weight is 536 g/mol. The van der Waals surface area contributed by atoms with Crippen molar-refractivity contribution in [3.05, 3.63) is 81.7 Å². The van der Waals surface area contributed by atoms with Crippen molar-refractivity contribution in [3.8, 4) is 35.4 Å². The third-order valence-electron chi connectivity index (χ3n) is 6.83. The number of aryl methyl sites for hydroxylation is 1. The van der Waals surface area contributed by atoms with E-state index < -0.39 is 11.4 Å². The van der Waals surface area contributed by atoms with Gasteiger partial charge in [0, 0.05) is 40.8 Å². The lowest BCUT2D eigenvalue weighted by molar-refractivity contribution is 0.382. The van der Waals surface area contributed by atoms with Crippen molar-refractivity contribution in [3.63, 3.8) is 0 Å². The summed E-state index contributed by atoms with van der Waals surface area (Å²) >= 11 is 0. The predicted octanol–water partition coefficient (Wildman–Crippen LogP) is 5.08.